The van der Waals surface area contributed by atoms with Crippen LogP contribution in [0.5, 0.6) is 5.75 Å². The van der Waals surface area contributed by atoms with Crippen molar-refractivity contribution in [3.8, 4) is 5.75 Å². The molecule has 1 amide bonds. The Labute approximate surface area is 192 Å². The molecule has 32 heavy (non-hydrogen) atoms. The second kappa shape index (κ2) is 9.17. The third kappa shape index (κ3) is 4.55. The van der Waals surface area contributed by atoms with Crippen LogP contribution in [0.15, 0.2) is 70.7 Å². The molecular formula is C26H25N3O2S. The van der Waals surface area contributed by atoms with E-state index in [0.717, 1.165) is 41.5 Å². The lowest BCUT2D eigenvalue weighted by Gasteiger charge is -2.09. The fourth-order valence-electron chi connectivity index (χ4n) is 3.85. The van der Waals surface area contributed by atoms with Gasteiger partial charge in [-0.3, -0.25) is 14.8 Å². The Morgan fingerprint density at radius 1 is 1.22 bits per heavy atom. The number of carbonyl (C=O) groups is 1. The fraction of sp³-hybridized carbons (Fsp3) is 0.269. The number of rotatable bonds is 7. The van der Waals surface area contributed by atoms with E-state index >= 15 is 0 Å². The third-order valence-corrected chi connectivity index (χ3v) is 6.62. The Kier molecular flexibility index (Phi) is 5.95. The molecule has 0 radical (unpaired) electrons. The van der Waals surface area contributed by atoms with E-state index < -0.39 is 0 Å². The smallest absolute Gasteiger partial charge is 0.264 e. The van der Waals surface area contributed by atoms with E-state index in [2.05, 4.69) is 41.5 Å². The van der Waals surface area contributed by atoms with E-state index in [1.807, 2.05) is 36.4 Å². The Morgan fingerprint density at radius 2 is 2.09 bits per heavy atom. The van der Waals surface area contributed by atoms with Crippen molar-refractivity contribution in [1.82, 2.24) is 10.3 Å². The molecule has 2 aliphatic rings. The summed E-state index contributed by atoms with van der Waals surface area (Å²) >= 11 is 1.41. The van der Waals surface area contributed by atoms with Crippen LogP contribution in [0.1, 0.15) is 43.2 Å². The van der Waals surface area contributed by atoms with Gasteiger partial charge in [0.2, 0.25) is 0 Å². The maximum atomic E-state index is 12.5. The quantitative estimate of drug-likeness (QED) is 0.385. The molecule has 2 heterocycles. The molecule has 2 atom stereocenters. The molecule has 5 nitrogen and oxygen atoms in total. The number of aromatic nitrogens is 1. The summed E-state index contributed by atoms with van der Waals surface area (Å²) in [4.78, 5) is 22.4. The minimum atomic E-state index is -0.101. The minimum absolute atomic E-state index is 0.101. The molecule has 1 aliphatic carbocycles. The maximum Gasteiger partial charge on any atom is 0.264 e. The monoisotopic (exact) mass is 443 g/mol. The number of hydrogen-bond donors (Lipinski definition) is 1. The molecule has 1 saturated carbocycles. The normalized spacial score (nSPS) is 22.5. The van der Waals surface area contributed by atoms with E-state index in [1.54, 1.807) is 6.20 Å². The van der Waals surface area contributed by atoms with Gasteiger partial charge in [0.25, 0.3) is 5.91 Å². The number of pyridine rings is 1. The molecule has 0 unspecified atom stereocenters. The molecule has 0 spiro atoms. The van der Waals surface area contributed by atoms with Gasteiger partial charge < -0.3 is 10.1 Å². The predicted octanol–water partition coefficient (Wildman–Crippen LogP) is 5.53. The number of hydrogen-bond acceptors (Lipinski definition) is 5. The number of thioether (sulfide) groups is 1. The second-order valence-corrected chi connectivity index (χ2v) is 9.14. The van der Waals surface area contributed by atoms with Crippen LogP contribution in [0.25, 0.3) is 17.0 Å². The summed E-state index contributed by atoms with van der Waals surface area (Å²) in [6.07, 6.45) is 6.81. The van der Waals surface area contributed by atoms with Gasteiger partial charge in [-0.25, -0.2) is 0 Å². The van der Waals surface area contributed by atoms with Crippen molar-refractivity contribution in [2.45, 2.75) is 38.1 Å². The highest BCUT2D eigenvalue weighted by atomic mass is 32.2. The van der Waals surface area contributed by atoms with Crippen molar-refractivity contribution < 1.29 is 9.53 Å². The summed E-state index contributed by atoms with van der Waals surface area (Å²) in [5.41, 5.74) is 3.14. The Bertz CT molecular complexity index is 1210. The first-order valence-corrected chi connectivity index (χ1v) is 11.9. The number of amides is 1. The topological polar surface area (TPSA) is 63.6 Å². The number of amidine groups is 1. The molecule has 5 rings (SSSR count). The van der Waals surface area contributed by atoms with Crippen molar-refractivity contribution in [3.05, 3.63) is 76.8 Å². The van der Waals surface area contributed by atoms with Gasteiger partial charge in [-0.05, 0) is 60.0 Å². The summed E-state index contributed by atoms with van der Waals surface area (Å²) < 4.78 is 5.96. The van der Waals surface area contributed by atoms with Gasteiger partial charge >= 0.3 is 0 Å². The zero-order chi connectivity index (χ0) is 21.9. The molecule has 2 fully saturated rings. The number of unbranched alkanes of at least 4 members (excludes halogenated alkanes) is 1. The predicted molar refractivity (Wildman–Crippen MR) is 131 cm³/mol. The molecule has 1 saturated heterocycles. The summed E-state index contributed by atoms with van der Waals surface area (Å²) in [5, 5.41) is 4.57. The van der Waals surface area contributed by atoms with Crippen molar-refractivity contribution in [3.63, 3.8) is 0 Å². The zero-order valence-electron chi connectivity index (χ0n) is 18.0. The highest BCUT2D eigenvalue weighted by Crippen LogP contribution is 2.44. The molecule has 1 N–H and O–H groups in total. The molecule has 1 aliphatic heterocycles. The minimum Gasteiger partial charge on any atom is -0.493 e. The van der Waals surface area contributed by atoms with Crippen LogP contribution in [0.2, 0.25) is 0 Å². The van der Waals surface area contributed by atoms with Gasteiger partial charge in [0.05, 0.1) is 23.1 Å². The zero-order valence-corrected chi connectivity index (χ0v) is 18.8. The Hall–Kier alpha value is -3.12. The molecule has 6 heteroatoms. The van der Waals surface area contributed by atoms with Gasteiger partial charge in [-0.1, -0.05) is 49.7 Å². The number of ether oxygens (including phenoxy) is 1. The number of benzene rings is 2. The van der Waals surface area contributed by atoms with E-state index in [9.17, 15) is 4.79 Å². The lowest BCUT2D eigenvalue weighted by atomic mass is 10.1. The second-order valence-electron chi connectivity index (χ2n) is 8.11. The van der Waals surface area contributed by atoms with Crippen molar-refractivity contribution >= 4 is 39.8 Å². The maximum absolute atomic E-state index is 12.5. The largest absolute Gasteiger partial charge is 0.493 e. The first-order valence-electron chi connectivity index (χ1n) is 11.1. The highest BCUT2D eigenvalue weighted by Gasteiger charge is 2.39. The van der Waals surface area contributed by atoms with Gasteiger partial charge in [-0.2, -0.15) is 0 Å². The number of carbonyl (C=O) groups excluding carboxylic acids is 1. The van der Waals surface area contributed by atoms with Gasteiger partial charge in [0, 0.05) is 17.5 Å². The SMILES string of the molecule is CCCCOc1ccnc2ccc(/C=C3\SC(=N[C@@H]4C[C@H]4c4ccccc4)NC3=O)cc12. The Morgan fingerprint density at radius 3 is 2.94 bits per heavy atom. The lowest BCUT2D eigenvalue weighted by molar-refractivity contribution is -0.115. The first kappa shape index (κ1) is 20.8. The molecule has 162 valence electrons. The molecule has 1 aromatic heterocycles. The number of aliphatic imine (C=N–C) groups is 1. The number of nitrogens with zero attached hydrogens (tertiary/aromatic N) is 2. The summed E-state index contributed by atoms with van der Waals surface area (Å²) in [5.74, 6) is 1.18. The van der Waals surface area contributed by atoms with Crippen LogP contribution in [-0.4, -0.2) is 28.7 Å². The molecule has 2 aromatic carbocycles. The summed E-state index contributed by atoms with van der Waals surface area (Å²) in [6, 6.07) is 18.6. The van der Waals surface area contributed by atoms with E-state index in [-0.39, 0.29) is 11.9 Å². The van der Waals surface area contributed by atoms with Crippen molar-refractivity contribution in [2.24, 2.45) is 4.99 Å². The van der Waals surface area contributed by atoms with Crippen LogP contribution < -0.4 is 10.1 Å². The van der Waals surface area contributed by atoms with Crippen molar-refractivity contribution in [2.75, 3.05) is 6.61 Å². The van der Waals surface area contributed by atoms with E-state index in [4.69, 9.17) is 9.73 Å². The third-order valence-electron chi connectivity index (χ3n) is 5.70. The molecule has 0 bridgehead atoms. The van der Waals surface area contributed by atoms with Crippen LogP contribution >= 0.6 is 11.8 Å². The van der Waals surface area contributed by atoms with Crippen LogP contribution in [0.3, 0.4) is 0 Å². The van der Waals surface area contributed by atoms with E-state index in [0.29, 0.717) is 22.6 Å². The highest BCUT2D eigenvalue weighted by molar-refractivity contribution is 8.18. The van der Waals surface area contributed by atoms with Crippen LogP contribution in [-0.2, 0) is 4.79 Å². The van der Waals surface area contributed by atoms with Crippen LogP contribution in [0.4, 0.5) is 0 Å². The first-order chi connectivity index (χ1) is 15.7. The molecular weight excluding hydrogens is 418 g/mol. The summed E-state index contributed by atoms with van der Waals surface area (Å²) in [7, 11) is 0. The number of nitrogens with one attached hydrogen (secondary N) is 1. The van der Waals surface area contributed by atoms with Gasteiger partial charge in [0.1, 0.15) is 5.75 Å². The standard InChI is InChI=1S/C26H25N3O2S/c1-2-3-13-31-23-11-12-27-21-10-9-17(14-20(21)23)15-24-25(30)29-26(32-24)28-22-16-19(22)18-7-5-4-6-8-18/h4-12,14-15,19,22H,2-3,13,16H2,1H3,(H,28,29,30)/b24-15-/t19-,22+/m0/s1. The van der Waals surface area contributed by atoms with E-state index in [1.165, 1.54) is 17.3 Å². The lowest BCUT2D eigenvalue weighted by Crippen LogP contribution is -2.20. The van der Waals surface area contributed by atoms with Gasteiger partial charge in [0.15, 0.2) is 5.17 Å². The van der Waals surface area contributed by atoms with Crippen LogP contribution in [0, 0.1) is 0 Å². The Balaban J connectivity index is 1.32. The molecule has 3 aromatic rings. The van der Waals surface area contributed by atoms with Crippen molar-refractivity contribution in [1.29, 1.82) is 0 Å². The van der Waals surface area contributed by atoms with Gasteiger partial charge in [-0.15, -0.1) is 0 Å². The fourth-order valence-corrected chi connectivity index (χ4v) is 4.73. The average molecular weight is 444 g/mol. The number of fused-ring (bicyclic) bond motifs is 1. The average Bonchev–Trinajstić information content (AvgIpc) is 3.50. The summed E-state index contributed by atoms with van der Waals surface area (Å²) in [6.45, 7) is 2.83.